The van der Waals surface area contributed by atoms with E-state index in [1.165, 1.54) is 32.1 Å². The van der Waals surface area contributed by atoms with E-state index >= 15 is 0 Å². The Morgan fingerprint density at radius 1 is 1.25 bits per heavy atom. The Bertz CT molecular complexity index is 200. The Kier molecular flexibility index (Phi) is 1.61. The van der Waals surface area contributed by atoms with Gasteiger partial charge in [0.15, 0.2) is 0 Å². The molecule has 0 bridgehead atoms. The van der Waals surface area contributed by atoms with Crippen molar-refractivity contribution >= 4 is 15.9 Å². The SMILES string of the molecule is Br[C@@H]1[C@H]2CCCO[C@H]2C12CCC2. The Hall–Kier alpha value is 0.440. The lowest BCUT2D eigenvalue weighted by Crippen LogP contribution is -2.67. The Morgan fingerprint density at radius 2 is 2.08 bits per heavy atom. The monoisotopic (exact) mass is 230 g/mol. The van der Waals surface area contributed by atoms with E-state index in [0.29, 0.717) is 11.5 Å². The van der Waals surface area contributed by atoms with E-state index in [0.717, 1.165) is 17.4 Å². The topological polar surface area (TPSA) is 9.23 Å². The van der Waals surface area contributed by atoms with Crippen molar-refractivity contribution in [2.75, 3.05) is 6.61 Å². The summed E-state index contributed by atoms with van der Waals surface area (Å²) in [5.74, 6) is 0.846. The maximum Gasteiger partial charge on any atom is 0.0681 e. The van der Waals surface area contributed by atoms with E-state index in [-0.39, 0.29) is 0 Å². The van der Waals surface area contributed by atoms with Crippen molar-refractivity contribution in [1.82, 2.24) is 0 Å². The normalized spacial score (nSPS) is 49.2. The molecule has 3 rings (SSSR count). The number of alkyl halides is 1. The van der Waals surface area contributed by atoms with Crippen molar-refractivity contribution in [3.63, 3.8) is 0 Å². The molecule has 0 aromatic heterocycles. The van der Waals surface area contributed by atoms with Crippen molar-refractivity contribution in [2.24, 2.45) is 11.3 Å². The van der Waals surface area contributed by atoms with Crippen LogP contribution in [0.4, 0.5) is 0 Å². The van der Waals surface area contributed by atoms with Crippen molar-refractivity contribution in [1.29, 1.82) is 0 Å². The molecule has 1 aliphatic heterocycles. The van der Waals surface area contributed by atoms with Crippen LogP contribution in [0.2, 0.25) is 0 Å². The standard InChI is InChI=1S/C10H15BrO/c11-8-7-3-1-6-12-9(7)10(8)4-2-5-10/h7-9H,1-6H2/t7-,8-,9-/m1/s1. The fourth-order valence-corrected chi connectivity index (χ4v) is 4.57. The fourth-order valence-electron chi connectivity index (χ4n) is 3.31. The van der Waals surface area contributed by atoms with Crippen LogP contribution < -0.4 is 0 Å². The lowest BCUT2D eigenvalue weighted by Gasteiger charge is -2.65. The third kappa shape index (κ3) is 0.741. The minimum atomic E-state index is 0.588. The zero-order chi connectivity index (χ0) is 8.18. The van der Waals surface area contributed by atoms with Crippen LogP contribution in [-0.4, -0.2) is 17.5 Å². The van der Waals surface area contributed by atoms with Gasteiger partial charge in [0.1, 0.15) is 0 Å². The summed E-state index contributed by atoms with van der Waals surface area (Å²) in [5.41, 5.74) is 0.588. The first kappa shape index (κ1) is 7.81. The quantitative estimate of drug-likeness (QED) is 0.582. The van der Waals surface area contributed by atoms with Gasteiger partial charge in [-0.05, 0) is 31.6 Å². The first-order valence-corrected chi connectivity index (χ1v) is 6.02. The van der Waals surface area contributed by atoms with Crippen LogP contribution in [0.1, 0.15) is 32.1 Å². The number of ether oxygens (including phenoxy) is 1. The van der Waals surface area contributed by atoms with E-state index in [1.54, 1.807) is 0 Å². The van der Waals surface area contributed by atoms with Gasteiger partial charge in [-0.2, -0.15) is 0 Å². The van der Waals surface area contributed by atoms with Crippen LogP contribution in [0, 0.1) is 11.3 Å². The van der Waals surface area contributed by atoms with Gasteiger partial charge in [0.2, 0.25) is 0 Å². The van der Waals surface area contributed by atoms with Crippen molar-refractivity contribution in [2.45, 2.75) is 43.0 Å². The molecule has 2 aliphatic carbocycles. The maximum absolute atomic E-state index is 5.88. The first-order valence-electron chi connectivity index (χ1n) is 5.10. The summed E-state index contributed by atoms with van der Waals surface area (Å²) in [5, 5.41) is 0. The smallest absolute Gasteiger partial charge is 0.0681 e. The predicted octanol–water partition coefficient (Wildman–Crippen LogP) is 2.73. The number of rotatable bonds is 0. The molecule has 0 amide bonds. The molecule has 0 aromatic carbocycles. The van der Waals surface area contributed by atoms with Crippen LogP contribution >= 0.6 is 15.9 Å². The Labute approximate surface area is 82.0 Å². The molecule has 0 aromatic rings. The summed E-state index contributed by atoms with van der Waals surface area (Å²) in [6.45, 7) is 1.02. The van der Waals surface area contributed by atoms with Gasteiger partial charge in [-0.25, -0.2) is 0 Å². The Balaban J connectivity index is 1.80. The highest BCUT2D eigenvalue weighted by Gasteiger charge is 2.64. The number of hydrogen-bond donors (Lipinski definition) is 0. The van der Waals surface area contributed by atoms with E-state index in [2.05, 4.69) is 15.9 Å². The van der Waals surface area contributed by atoms with E-state index < -0.39 is 0 Å². The summed E-state index contributed by atoms with van der Waals surface area (Å²) < 4.78 is 5.88. The number of hydrogen-bond acceptors (Lipinski definition) is 1. The van der Waals surface area contributed by atoms with Gasteiger partial charge in [0, 0.05) is 16.8 Å². The van der Waals surface area contributed by atoms with Gasteiger partial charge in [0.25, 0.3) is 0 Å². The summed E-state index contributed by atoms with van der Waals surface area (Å²) >= 11 is 3.86. The minimum absolute atomic E-state index is 0.588. The lowest BCUT2D eigenvalue weighted by atomic mass is 9.48. The third-order valence-electron chi connectivity index (χ3n) is 4.14. The van der Waals surface area contributed by atoms with Crippen LogP contribution in [0.3, 0.4) is 0 Å². The van der Waals surface area contributed by atoms with Gasteiger partial charge >= 0.3 is 0 Å². The zero-order valence-electron chi connectivity index (χ0n) is 7.26. The van der Waals surface area contributed by atoms with E-state index in [9.17, 15) is 0 Å². The largest absolute Gasteiger partial charge is 0.377 e. The second-order valence-electron chi connectivity index (χ2n) is 4.59. The van der Waals surface area contributed by atoms with Gasteiger partial charge in [-0.3, -0.25) is 0 Å². The fraction of sp³-hybridized carbons (Fsp3) is 1.00. The molecule has 1 saturated heterocycles. The molecule has 3 fully saturated rings. The predicted molar refractivity (Wildman–Crippen MR) is 51.5 cm³/mol. The zero-order valence-corrected chi connectivity index (χ0v) is 8.85. The van der Waals surface area contributed by atoms with Crippen LogP contribution in [0.5, 0.6) is 0 Å². The average molecular weight is 231 g/mol. The second kappa shape index (κ2) is 2.48. The van der Waals surface area contributed by atoms with Crippen LogP contribution in [0.15, 0.2) is 0 Å². The molecular formula is C10H15BrO. The van der Waals surface area contributed by atoms with Crippen LogP contribution in [-0.2, 0) is 4.74 Å². The molecule has 1 nitrogen and oxygen atoms in total. The molecule has 68 valence electrons. The first-order chi connectivity index (χ1) is 5.84. The minimum Gasteiger partial charge on any atom is -0.377 e. The maximum atomic E-state index is 5.88. The van der Waals surface area contributed by atoms with Crippen molar-refractivity contribution in [3.8, 4) is 0 Å². The molecule has 3 aliphatic rings. The number of halogens is 1. The summed E-state index contributed by atoms with van der Waals surface area (Å²) in [4.78, 5) is 0.782. The second-order valence-corrected chi connectivity index (χ2v) is 5.57. The Morgan fingerprint density at radius 3 is 2.75 bits per heavy atom. The molecule has 1 spiro atoms. The third-order valence-corrected chi connectivity index (χ3v) is 5.74. The van der Waals surface area contributed by atoms with E-state index in [4.69, 9.17) is 4.74 Å². The molecule has 1 heterocycles. The van der Waals surface area contributed by atoms with Crippen LogP contribution in [0.25, 0.3) is 0 Å². The summed E-state index contributed by atoms with van der Waals surface area (Å²) in [6.07, 6.45) is 7.54. The average Bonchev–Trinajstić information content (AvgIpc) is 2.01. The molecule has 2 heteroatoms. The van der Waals surface area contributed by atoms with Crippen molar-refractivity contribution in [3.05, 3.63) is 0 Å². The highest BCUT2D eigenvalue weighted by atomic mass is 79.9. The van der Waals surface area contributed by atoms with E-state index in [1.807, 2.05) is 0 Å². The molecule has 3 atom stereocenters. The van der Waals surface area contributed by atoms with Gasteiger partial charge in [-0.15, -0.1) is 0 Å². The molecule has 12 heavy (non-hydrogen) atoms. The summed E-state index contributed by atoms with van der Waals surface area (Å²) in [6, 6.07) is 0. The molecule has 0 N–H and O–H groups in total. The van der Waals surface area contributed by atoms with Gasteiger partial charge < -0.3 is 4.74 Å². The number of fused-ring (bicyclic) bond motifs is 2. The van der Waals surface area contributed by atoms with Crippen molar-refractivity contribution < 1.29 is 4.74 Å². The lowest BCUT2D eigenvalue weighted by molar-refractivity contribution is -0.206. The van der Waals surface area contributed by atoms with Gasteiger partial charge in [-0.1, -0.05) is 22.4 Å². The molecule has 0 unspecified atom stereocenters. The van der Waals surface area contributed by atoms with Gasteiger partial charge in [0.05, 0.1) is 6.10 Å². The molecule has 0 radical (unpaired) electrons. The highest BCUT2D eigenvalue weighted by Crippen LogP contribution is 2.64. The highest BCUT2D eigenvalue weighted by molar-refractivity contribution is 9.09. The molecular weight excluding hydrogens is 216 g/mol. The molecule has 2 saturated carbocycles. The summed E-state index contributed by atoms with van der Waals surface area (Å²) in [7, 11) is 0.